The second-order valence-electron chi connectivity index (χ2n) is 3.21. The van der Waals surface area contributed by atoms with E-state index in [1.807, 2.05) is 25.2 Å². The number of methoxy groups -OCH3 is 1. The smallest absolute Gasteiger partial charge is 0.341 e. The van der Waals surface area contributed by atoms with Crippen LogP contribution in [0.5, 0.6) is 5.75 Å². The van der Waals surface area contributed by atoms with Crippen LogP contribution in [0.4, 0.5) is 0 Å². The van der Waals surface area contributed by atoms with Gasteiger partial charge in [0.05, 0.1) is 7.11 Å². The summed E-state index contributed by atoms with van der Waals surface area (Å²) in [6, 6.07) is 3.24. The Morgan fingerprint density at radius 3 is 2.75 bits per heavy atom. The largest absolute Gasteiger partial charge is 0.506 e. The van der Waals surface area contributed by atoms with Crippen LogP contribution >= 0.6 is 0 Å². The number of phenols is 1. The first-order chi connectivity index (χ1) is 7.61. The minimum absolute atomic E-state index is 0.130. The molecule has 16 heavy (non-hydrogen) atoms. The number of rotatable bonds is 2. The van der Waals surface area contributed by atoms with Gasteiger partial charge in [-0.05, 0) is 18.2 Å². The van der Waals surface area contributed by atoms with Gasteiger partial charge in [0.1, 0.15) is 11.3 Å². The maximum atomic E-state index is 11.3. The molecule has 0 spiro atoms. The first kappa shape index (κ1) is 12.0. The fourth-order valence-corrected chi connectivity index (χ4v) is 1.28. The van der Waals surface area contributed by atoms with Crippen LogP contribution in [-0.2, 0) is 4.74 Å². The van der Waals surface area contributed by atoms with Gasteiger partial charge in [0, 0.05) is 5.22 Å². The van der Waals surface area contributed by atoms with Gasteiger partial charge in [-0.1, -0.05) is 30.9 Å². The minimum Gasteiger partial charge on any atom is -0.506 e. The SMILES string of the molecule is C=c1c(O)c(C(=O)OC)cc/c1=C/C=C\C. The van der Waals surface area contributed by atoms with Crippen molar-refractivity contribution in [2.75, 3.05) is 7.11 Å². The van der Waals surface area contributed by atoms with Gasteiger partial charge in [-0.2, -0.15) is 0 Å². The number of benzene rings is 1. The zero-order valence-corrected chi connectivity index (χ0v) is 9.36. The minimum atomic E-state index is -0.569. The fraction of sp³-hybridized carbons (Fsp3) is 0.154. The topological polar surface area (TPSA) is 46.5 Å². The number of carbonyl (C=O) groups excluding carboxylic acids is 1. The molecule has 0 unspecified atom stereocenters. The summed E-state index contributed by atoms with van der Waals surface area (Å²) in [6.07, 6.45) is 5.51. The standard InChI is InChI=1S/C13H14O3/c1-4-5-6-10-7-8-11(13(15)16-3)12(14)9(10)2/h4-8,14H,2H2,1,3H3/b5-4-,10-6-. The van der Waals surface area contributed by atoms with Crippen LogP contribution in [0.2, 0.25) is 0 Å². The lowest BCUT2D eigenvalue weighted by Crippen LogP contribution is -2.25. The molecule has 1 N–H and O–H groups in total. The van der Waals surface area contributed by atoms with E-state index in [2.05, 4.69) is 11.3 Å². The molecule has 0 aromatic heterocycles. The number of hydrogen-bond acceptors (Lipinski definition) is 3. The highest BCUT2D eigenvalue weighted by molar-refractivity contribution is 5.92. The molecule has 0 saturated heterocycles. The van der Waals surface area contributed by atoms with Gasteiger partial charge in [0.15, 0.2) is 0 Å². The van der Waals surface area contributed by atoms with E-state index in [9.17, 15) is 9.90 Å². The summed E-state index contributed by atoms with van der Waals surface area (Å²) in [5.41, 5.74) is 0.130. The van der Waals surface area contributed by atoms with Gasteiger partial charge < -0.3 is 9.84 Å². The van der Waals surface area contributed by atoms with Crippen LogP contribution < -0.4 is 10.4 Å². The molecule has 84 valence electrons. The van der Waals surface area contributed by atoms with Crippen molar-refractivity contribution in [2.24, 2.45) is 0 Å². The quantitative estimate of drug-likeness (QED) is 0.752. The fourth-order valence-electron chi connectivity index (χ4n) is 1.28. The van der Waals surface area contributed by atoms with Crippen molar-refractivity contribution in [2.45, 2.75) is 6.92 Å². The highest BCUT2D eigenvalue weighted by Crippen LogP contribution is 2.09. The number of esters is 1. The molecule has 1 aromatic carbocycles. The van der Waals surface area contributed by atoms with E-state index in [0.29, 0.717) is 5.22 Å². The summed E-state index contributed by atoms with van der Waals surface area (Å²) in [5.74, 6) is -0.704. The lowest BCUT2D eigenvalue weighted by molar-refractivity contribution is 0.0597. The Morgan fingerprint density at radius 2 is 2.19 bits per heavy atom. The average Bonchev–Trinajstić information content (AvgIpc) is 2.30. The summed E-state index contributed by atoms with van der Waals surface area (Å²) < 4.78 is 4.54. The van der Waals surface area contributed by atoms with Crippen LogP contribution in [-0.4, -0.2) is 18.2 Å². The van der Waals surface area contributed by atoms with Crippen molar-refractivity contribution in [1.29, 1.82) is 0 Å². The summed E-state index contributed by atoms with van der Waals surface area (Å²) in [5, 5.41) is 11.0. The Labute approximate surface area is 94.0 Å². The van der Waals surface area contributed by atoms with Crippen molar-refractivity contribution in [3.05, 3.63) is 40.3 Å². The summed E-state index contributed by atoms with van der Waals surface area (Å²) >= 11 is 0. The van der Waals surface area contributed by atoms with E-state index in [0.717, 1.165) is 5.22 Å². The molecule has 3 heteroatoms. The molecule has 1 aromatic rings. The van der Waals surface area contributed by atoms with Gasteiger partial charge in [0.2, 0.25) is 0 Å². The molecule has 0 amide bonds. The van der Waals surface area contributed by atoms with Gasteiger partial charge in [-0.3, -0.25) is 0 Å². The number of phenolic OH excluding ortho intramolecular Hbond substituents is 1. The molecule has 0 radical (unpaired) electrons. The molecule has 0 aliphatic rings. The van der Waals surface area contributed by atoms with E-state index in [4.69, 9.17) is 0 Å². The number of hydrogen-bond donors (Lipinski definition) is 1. The molecule has 3 nitrogen and oxygen atoms in total. The van der Waals surface area contributed by atoms with Crippen LogP contribution in [0.15, 0.2) is 24.3 Å². The number of carbonyl (C=O) groups is 1. The lowest BCUT2D eigenvalue weighted by atomic mass is 10.1. The monoisotopic (exact) mass is 218 g/mol. The van der Waals surface area contributed by atoms with E-state index in [1.54, 1.807) is 6.07 Å². The van der Waals surface area contributed by atoms with Gasteiger partial charge in [-0.15, -0.1) is 0 Å². The Hall–Kier alpha value is -2.03. The van der Waals surface area contributed by atoms with Crippen molar-refractivity contribution in [3.8, 4) is 5.75 Å². The molecule has 0 atom stereocenters. The Kier molecular flexibility index (Phi) is 3.89. The van der Waals surface area contributed by atoms with Gasteiger partial charge >= 0.3 is 5.97 Å². The van der Waals surface area contributed by atoms with Gasteiger partial charge in [0.25, 0.3) is 0 Å². The summed E-state index contributed by atoms with van der Waals surface area (Å²) in [7, 11) is 1.27. The maximum Gasteiger partial charge on any atom is 0.341 e. The number of ether oxygens (including phenoxy) is 1. The van der Waals surface area contributed by atoms with Crippen LogP contribution in [0.25, 0.3) is 12.7 Å². The van der Waals surface area contributed by atoms with Crippen LogP contribution in [0, 0.1) is 0 Å². The second kappa shape index (κ2) is 5.16. The third-order valence-corrected chi connectivity index (χ3v) is 2.19. The summed E-state index contributed by atoms with van der Waals surface area (Å²) in [6.45, 7) is 5.62. The molecular weight excluding hydrogens is 204 g/mol. The predicted molar refractivity (Wildman–Crippen MR) is 63.5 cm³/mol. The first-order valence-electron chi connectivity index (χ1n) is 4.84. The van der Waals surface area contributed by atoms with Crippen LogP contribution in [0.1, 0.15) is 17.3 Å². The maximum absolute atomic E-state index is 11.3. The van der Waals surface area contributed by atoms with E-state index in [-0.39, 0.29) is 11.3 Å². The van der Waals surface area contributed by atoms with Gasteiger partial charge in [-0.25, -0.2) is 4.79 Å². The van der Waals surface area contributed by atoms with Crippen molar-refractivity contribution in [3.63, 3.8) is 0 Å². The highest BCUT2D eigenvalue weighted by atomic mass is 16.5. The van der Waals surface area contributed by atoms with E-state index >= 15 is 0 Å². The normalized spacial score (nSPS) is 12.0. The third-order valence-electron chi connectivity index (χ3n) is 2.19. The zero-order chi connectivity index (χ0) is 12.1. The molecule has 0 aliphatic carbocycles. The third kappa shape index (κ3) is 2.31. The predicted octanol–water partition coefficient (Wildman–Crippen LogP) is 0.946. The van der Waals surface area contributed by atoms with Crippen molar-refractivity contribution < 1.29 is 14.6 Å². The lowest BCUT2D eigenvalue weighted by Gasteiger charge is -2.02. The second-order valence-corrected chi connectivity index (χ2v) is 3.21. The molecule has 0 bridgehead atoms. The molecule has 0 heterocycles. The van der Waals surface area contributed by atoms with E-state index in [1.165, 1.54) is 13.2 Å². The molecule has 0 aliphatic heterocycles. The van der Waals surface area contributed by atoms with Crippen LogP contribution in [0.3, 0.4) is 0 Å². The molecular formula is C13H14O3. The Balaban J connectivity index is 3.41. The Morgan fingerprint density at radius 1 is 1.50 bits per heavy atom. The first-order valence-corrected chi connectivity index (χ1v) is 4.84. The van der Waals surface area contributed by atoms with E-state index < -0.39 is 5.97 Å². The number of allylic oxidation sites excluding steroid dienone is 2. The molecule has 0 saturated carbocycles. The average molecular weight is 218 g/mol. The molecule has 1 rings (SSSR count). The highest BCUT2D eigenvalue weighted by Gasteiger charge is 2.11. The zero-order valence-electron chi connectivity index (χ0n) is 9.36. The Bertz CT molecular complexity index is 527. The van der Waals surface area contributed by atoms with Crippen molar-refractivity contribution in [1.82, 2.24) is 0 Å². The molecule has 0 fully saturated rings. The summed E-state index contributed by atoms with van der Waals surface area (Å²) in [4.78, 5) is 11.3. The van der Waals surface area contributed by atoms with Crippen molar-refractivity contribution >= 4 is 18.6 Å². The number of aromatic hydroxyl groups is 1.